The number of phenolic OH excluding ortho intramolecular Hbond substituents is 3. The molecule has 0 aromatic heterocycles. The van der Waals surface area contributed by atoms with Gasteiger partial charge < -0.3 is 15.3 Å². The number of hydrogen-bond donors (Lipinski definition) is 3. The molecule has 0 radical (unpaired) electrons. The smallest absolute Gasteiger partial charge is 0.115 e. The highest BCUT2D eigenvalue weighted by atomic mass is 16.3. The first-order valence-electron chi connectivity index (χ1n) is 14.3. The second kappa shape index (κ2) is 22.3. The van der Waals surface area contributed by atoms with E-state index in [1.807, 2.05) is 18.2 Å². The van der Waals surface area contributed by atoms with Crippen LogP contribution in [0.3, 0.4) is 0 Å². The molecule has 0 aliphatic heterocycles. The molecule has 3 N–H and O–H groups in total. The Morgan fingerprint density at radius 2 is 0.463 bits per heavy atom. The van der Waals surface area contributed by atoms with E-state index in [1.165, 1.54) is 22.3 Å². The lowest BCUT2D eigenvalue weighted by atomic mass is 10.1. The van der Waals surface area contributed by atoms with Gasteiger partial charge in [0.1, 0.15) is 17.2 Å². The van der Waals surface area contributed by atoms with Gasteiger partial charge in [0.05, 0.1) is 0 Å². The molecule has 0 amide bonds. The van der Waals surface area contributed by atoms with Crippen LogP contribution in [0.4, 0.5) is 0 Å². The van der Waals surface area contributed by atoms with Gasteiger partial charge in [0.2, 0.25) is 0 Å². The van der Waals surface area contributed by atoms with Crippen molar-refractivity contribution in [3.63, 3.8) is 0 Å². The molecule has 3 nitrogen and oxygen atoms in total. The number of benzene rings is 5. The third-order valence-electron chi connectivity index (χ3n) is 5.95. The summed E-state index contributed by atoms with van der Waals surface area (Å²) in [6, 6.07) is 43.8. The number of phenols is 3. The van der Waals surface area contributed by atoms with Crippen LogP contribution in [-0.4, -0.2) is 15.3 Å². The molecule has 216 valence electrons. The normalized spacial score (nSPS) is 9.17. The van der Waals surface area contributed by atoms with Gasteiger partial charge in [0.25, 0.3) is 0 Å². The summed E-state index contributed by atoms with van der Waals surface area (Å²) in [4.78, 5) is 0. The van der Waals surface area contributed by atoms with Crippen LogP contribution in [0.5, 0.6) is 17.2 Å². The summed E-state index contributed by atoms with van der Waals surface area (Å²) in [5.41, 5.74) is 5.71. The Bertz CT molecular complexity index is 1070. The zero-order valence-corrected chi connectivity index (χ0v) is 24.9. The molecular formula is C38H46O3. The highest BCUT2D eigenvalue weighted by Crippen LogP contribution is 2.06. The maximum absolute atomic E-state index is 8.63. The van der Waals surface area contributed by atoms with E-state index in [1.54, 1.807) is 72.8 Å². The number of rotatable bonds is 4. The molecule has 0 heterocycles. The third kappa shape index (κ3) is 17.7. The predicted molar refractivity (Wildman–Crippen MR) is 175 cm³/mol. The highest BCUT2D eigenvalue weighted by Gasteiger charge is 1.89. The Labute approximate surface area is 247 Å². The molecule has 5 aromatic rings. The van der Waals surface area contributed by atoms with Crippen molar-refractivity contribution in [3.05, 3.63) is 162 Å². The Morgan fingerprint density at radius 1 is 0.293 bits per heavy atom. The molecule has 0 atom stereocenters. The molecule has 0 aliphatic rings. The minimum absolute atomic E-state index is 0.322. The van der Waals surface area contributed by atoms with Crippen molar-refractivity contribution < 1.29 is 15.3 Å². The third-order valence-corrected chi connectivity index (χ3v) is 5.95. The van der Waals surface area contributed by atoms with Crippen LogP contribution in [0.2, 0.25) is 0 Å². The average Bonchev–Trinajstić information content (AvgIpc) is 3.03. The molecule has 0 saturated heterocycles. The lowest BCUT2D eigenvalue weighted by Gasteiger charge is -1.97. The van der Waals surface area contributed by atoms with Crippen molar-refractivity contribution >= 4 is 0 Å². The Hall–Kier alpha value is -4.50. The predicted octanol–water partition coefficient (Wildman–Crippen LogP) is 9.80. The summed E-state index contributed by atoms with van der Waals surface area (Å²) < 4.78 is 0. The van der Waals surface area contributed by atoms with E-state index in [0.717, 1.165) is 25.7 Å². The number of aryl methyl sites for hydroxylation is 4. The van der Waals surface area contributed by atoms with Crippen molar-refractivity contribution in [2.75, 3.05) is 0 Å². The topological polar surface area (TPSA) is 60.7 Å². The fourth-order valence-corrected chi connectivity index (χ4v) is 3.31. The molecule has 41 heavy (non-hydrogen) atoms. The van der Waals surface area contributed by atoms with Crippen molar-refractivity contribution in [1.82, 2.24) is 0 Å². The van der Waals surface area contributed by atoms with Crippen LogP contribution >= 0.6 is 0 Å². The van der Waals surface area contributed by atoms with Crippen LogP contribution < -0.4 is 0 Å². The Morgan fingerprint density at radius 3 is 0.561 bits per heavy atom. The van der Waals surface area contributed by atoms with E-state index in [0.29, 0.717) is 17.2 Å². The molecular weight excluding hydrogens is 504 g/mol. The van der Waals surface area contributed by atoms with Gasteiger partial charge >= 0.3 is 0 Å². The van der Waals surface area contributed by atoms with Crippen molar-refractivity contribution in [3.8, 4) is 17.2 Å². The summed E-state index contributed by atoms with van der Waals surface area (Å²) in [6.45, 7) is 8.73. The molecule has 3 heteroatoms. The molecule has 0 aliphatic carbocycles. The first-order valence-corrected chi connectivity index (χ1v) is 14.3. The van der Waals surface area contributed by atoms with Crippen LogP contribution in [-0.2, 0) is 25.7 Å². The summed E-state index contributed by atoms with van der Waals surface area (Å²) >= 11 is 0. The summed E-state index contributed by atoms with van der Waals surface area (Å²) in [6.07, 6.45) is 4.57. The monoisotopic (exact) mass is 550 g/mol. The van der Waals surface area contributed by atoms with Gasteiger partial charge in [0, 0.05) is 0 Å². The van der Waals surface area contributed by atoms with Crippen LogP contribution in [0.15, 0.2) is 140 Å². The van der Waals surface area contributed by atoms with E-state index in [9.17, 15) is 0 Å². The molecule has 5 aromatic carbocycles. The van der Waals surface area contributed by atoms with Crippen LogP contribution in [0.1, 0.15) is 49.9 Å². The molecule has 0 bridgehead atoms. The van der Waals surface area contributed by atoms with Gasteiger partial charge in [-0.2, -0.15) is 0 Å². The number of para-hydroxylation sites is 3. The largest absolute Gasteiger partial charge is 0.508 e. The molecule has 0 fully saturated rings. The van der Waals surface area contributed by atoms with E-state index in [-0.39, 0.29) is 0 Å². The zero-order chi connectivity index (χ0) is 30.1. The fraction of sp³-hybridized carbons (Fsp3) is 0.211. The molecule has 5 rings (SSSR count). The Balaban J connectivity index is 0.000000259. The molecule has 0 spiro atoms. The first-order chi connectivity index (χ1) is 19.9. The van der Waals surface area contributed by atoms with Gasteiger partial charge in [0.15, 0.2) is 0 Å². The maximum Gasteiger partial charge on any atom is 0.115 e. The van der Waals surface area contributed by atoms with Gasteiger partial charge in [-0.25, -0.2) is 0 Å². The molecule has 0 unspecified atom stereocenters. The Kier molecular flexibility index (Phi) is 18.8. The number of hydrogen-bond acceptors (Lipinski definition) is 3. The maximum atomic E-state index is 8.63. The summed E-state index contributed by atoms with van der Waals surface area (Å²) in [5.74, 6) is 0.965. The van der Waals surface area contributed by atoms with Crippen LogP contribution in [0, 0.1) is 0 Å². The van der Waals surface area contributed by atoms with Crippen molar-refractivity contribution in [1.29, 1.82) is 0 Å². The second-order valence-corrected chi connectivity index (χ2v) is 9.05. The standard InChI is InChI=1S/2C10H14.3C6H6O/c2*1-3-9-5-7-10(4-2)8-6-9;3*7-6-4-2-1-3-5-6/h2*5-8H,3-4H2,1-2H3;3*1-5,7H. The van der Waals surface area contributed by atoms with Gasteiger partial charge in [-0.1, -0.05) is 131 Å². The van der Waals surface area contributed by atoms with E-state index >= 15 is 0 Å². The average molecular weight is 551 g/mol. The highest BCUT2D eigenvalue weighted by molar-refractivity contribution is 5.23. The van der Waals surface area contributed by atoms with E-state index < -0.39 is 0 Å². The van der Waals surface area contributed by atoms with Gasteiger partial charge in [-0.15, -0.1) is 0 Å². The zero-order valence-electron chi connectivity index (χ0n) is 24.9. The number of aromatic hydroxyl groups is 3. The second-order valence-electron chi connectivity index (χ2n) is 9.05. The minimum atomic E-state index is 0.322. The van der Waals surface area contributed by atoms with E-state index in [4.69, 9.17) is 15.3 Å². The van der Waals surface area contributed by atoms with Crippen molar-refractivity contribution in [2.24, 2.45) is 0 Å². The lowest BCUT2D eigenvalue weighted by molar-refractivity contribution is 0.475. The quantitative estimate of drug-likeness (QED) is 0.209. The SMILES string of the molecule is CCc1ccc(CC)cc1.CCc1ccc(CC)cc1.Oc1ccccc1.Oc1ccccc1.Oc1ccccc1. The van der Waals surface area contributed by atoms with Crippen molar-refractivity contribution in [2.45, 2.75) is 53.4 Å². The molecule has 0 saturated carbocycles. The fourth-order valence-electron chi connectivity index (χ4n) is 3.31. The van der Waals surface area contributed by atoms with Gasteiger partial charge in [-0.3, -0.25) is 0 Å². The minimum Gasteiger partial charge on any atom is -0.508 e. The van der Waals surface area contributed by atoms with Crippen LogP contribution in [0.25, 0.3) is 0 Å². The summed E-state index contributed by atoms with van der Waals surface area (Å²) in [5, 5.41) is 25.9. The van der Waals surface area contributed by atoms with Gasteiger partial charge in [-0.05, 0) is 84.3 Å². The first kappa shape index (κ1) is 34.5. The lowest BCUT2D eigenvalue weighted by Crippen LogP contribution is -1.81. The summed E-state index contributed by atoms with van der Waals surface area (Å²) in [7, 11) is 0. The van der Waals surface area contributed by atoms with E-state index in [2.05, 4.69) is 76.2 Å².